The number of aromatic nitrogens is 1. The minimum absolute atomic E-state index is 0.00926. The second kappa shape index (κ2) is 7.45. The topological polar surface area (TPSA) is 89.3 Å². The Balaban J connectivity index is 2.14. The zero-order valence-corrected chi connectivity index (χ0v) is 9.90. The van der Waals surface area contributed by atoms with Crippen LogP contribution in [-0.2, 0) is 9.53 Å². The highest BCUT2D eigenvalue weighted by Gasteiger charge is 2.00. The minimum Gasteiger partial charge on any atom is -0.397 e. The van der Waals surface area contributed by atoms with Crippen LogP contribution in [0.5, 0.6) is 0 Å². The number of nitrogens with zero attached hydrogens (tertiary/aromatic N) is 1. The van der Waals surface area contributed by atoms with Gasteiger partial charge in [-0.05, 0) is 12.1 Å². The van der Waals surface area contributed by atoms with Crippen LogP contribution < -0.4 is 16.4 Å². The van der Waals surface area contributed by atoms with E-state index in [0.29, 0.717) is 37.6 Å². The number of nitrogen functional groups attached to an aromatic ring is 1. The number of nitrogens with one attached hydrogen (secondary N) is 2. The van der Waals surface area contributed by atoms with E-state index in [1.54, 1.807) is 25.4 Å². The van der Waals surface area contributed by atoms with Gasteiger partial charge in [-0.2, -0.15) is 0 Å². The van der Waals surface area contributed by atoms with Gasteiger partial charge < -0.3 is 21.1 Å². The Kier molecular flexibility index (Phi) is 5.81. The van der Waals surface area contributed by atoms with Gasteiger partial charge in [0.25, 0.3) is 0 Å². The molecule has 0 radical (unpaired) electrons. The molecule has 0 aromatic carbocycles. The van der Waals surface area contributed by atoms with Gasteiger partial charge >= 0.3 is 0 Å². The van der Waals surface area contributed by atoms with Crippen LogP contribution in [0, 0.1) is 0 Å². The molecule has 1 aromatic rings. The van der Waals surface area contributed by atoms with E-state index in [9.17, 15) is 4.79 Å². The summed E-state index contributed by atoms with van der Waals surface area (Å²) < 4.78 is 4.83. The van der Waals surface area contributed by atoms with Gasteiger partial charge in [-0.3, -0.25) is 4.79 Å². The zero-order valence-electron chi connectivity index (χ0n) is 9.90. The molecule has 0 saturated carbocycles. The van der Waals surface area contributed by atoms with Crippen molar-refractivity contribution in [1.29, 1.82) is 0 Å². The second-order valence-corrected chi connectivity index (χ2v) is 3.50. The third-order valence-electron chi connectivity index (χ3n) is 2.07. The van der Waals surface area contributed by atoms with E-state index in [4.69, 9.17) is 10.5 Å². The maximum Gasteiger partial charge on any atom is 0.221 e. The summed E-state index contributed by atoms with van der Waals surface area (Å²) in [5.41, 5.74) is 6.12. The molecule has 0 fully saturated rings. The number of ether oxygens (including phenoxy) is 1. The number of hydrogen-bond donors (Lipinski definition) is 3. The Morgan fingerprint density at radius 3 is 2.94 bits per heavy atom. The largest absolute Gasteiger partial charge is 0.397 e. The highest BCUT2D eigenvalue weighted by molar-refractivity contribution is 5.76. The Morgan fingerprint density at radius 2 is 2.29 bits per heavy atom. The molecule has 94 valence electrons. The van der Waals surface area contributed by atoms with Crippen molar-refractivity contribution in [3.05, 3.63) is 18.3 Å². The zero-order chi connectivity index (χ0) is 12.5. The van der Waals surface area contributed by atoms with Crippen molar-refractivity contribution in [2.45, 2.75) is 6.42 Å². The molecule has 0 aliphatic rings. The second-order valence-electron chi connectivity index (χ2n) is 3.50. The smallest absolute Gasteiger partial charge is 0.221 e. The number of carbonyl (C=O) groups excluding carboxylic acids is 1. The summed E-state index contributed by atoms with van der Waals surface area (Å²) in [6, 6.07) is 3.53. The van der Waals surface area contributed by atoms with Crippen molar-refractivity contribution >= 4 is 17.4 Å². The van der Waals surface area contributed by atoms with Crippen LogP contribution >= 0.6 is 0 Å². The lowest BCUT2D eigenvalue weighted by Crippen LogP contribution is -2.28. The molecule has 1 heterocycles. The van der Waals surface area contributed by atoms with E-state index in [1.807, 2.05) is 0 Å². The molecule has 0 atom stereocenters. The van der Waals surface area contributed by atoms with Crippen molar-refractivity contribution in [2.75, 3.05) is 37.9 Å². The van der Waals surface area contributed by atoms with Crippen LogP contribution in [0.3, 0.4) is 0 Å². The van der Waals surface area contributed by atoms with Crippen LogP contribution in [0.1, 0.15) is 6.42 Å². The number of amides is 1. The van der Waals surface area contributed by atoms with E-state index >= 15 is 0 Å². The highest BCUT2D eigenvalue weighted by atomic mass is 16.5. The molecule has 4 N–H and O–H groups in total. The van der Waals surface area contributed by atoms with Gasteiger partial charge in [-0.1, -0.05) is 0 Å². The Bertz CT molecular complexity index is 340. The predicted octanol–water partition coefficient (Wildman–Crippen LogP) is 0.228. The van der Waals surface area contributed by atoms with E-state index in [1.165, 1.54) is 0 Å². The predicted molar refractivity (Wildman–Crippen MR) is 66.6 cm³/mol. The first-order valence-corrected chi connectivity index (χ1v) is 5.43. The number of rotatable bonds is 7. The normalized spacial score (nSPS) is 9.94. The van der Waals surface area contributed by atoms with Gasteiger partial charge in [0, 0.05) is 26.6 Å². The first-order chi connectivity index (χ1) is 8.22. The molecule has 1 aromatic heterocycles. The average molecular weight is 238 g/mol. The molecular formula is C11H18N4O2. The van der Waals surface area contributed by atoms with E-state index in [-0.39, 0.29) is 5.91 Å². The molecule has 0 aliphatic carbocycles. The molecule has 6 heteroatoms. The number of carbonyl (C=O) groups is 1. The molecule has 0 aliphatic heterocycles. The summed E-state index contributed by atoms with van der Waals surface area (Å²) in [4.78, 5) is 15.4. The van der Waals surface area contributed by atoms with Crippen LogP contribution in [-0.4, -0.2) is 37.7 Å². The molecule has 0 bridgehead atoms. The van der Waals surface area contributed by atoms with Crippen LogP contribution in [0.15, 0.2) is 18.3 Å². The fraction of sp³-hybridized carbons (Fsp3) is 0.455. The van der Waals surface area contributed by atoms with E-state index in [2.05, 4.69) is 15.6 Å². The Labute approximate surface area is 101 Å². The molecule has 17 heavy (non-hydrogen) atoms. The van der Waals surface area contributed by atoms with E-state index in [0.717, 1.165) is 0 Å². The minimum atomic E-state index is -0.00926. The van der Waals surface area contributed by atoms with Gasteiger partial charge in [0.05, 0.1) is 18.5 Å². The first kappa shape index (κ1) is 13.2. The fourth-order valence-electron chi connectivity index (χ4n) is 1.19. The van der Waals surface area contributed by atoms with Crippen molar-refractivity contribution in [3.63, 3.8) is 0 Å². The van der Waals surface area contributed by atoms with Gasteiger partial charge in [0.2, 0.25) is 5.91 Å². The third kappa shape index (κ3) is 5.72. The first-order valence-electron chi connectivity index (χ1n) is 5.43. The lowest BCUT2D eigenvalue weighted by molar-refractivity contribution is -0.121. The standard InChI is InChI=1S/C11H18N4O2/c1-17-7-6-14-11(16)4-5-13-10-3-2-9(12)8-15-10/h2-3,8H,4-7,12H2,1H3,(H,13,15)(H,14,16). The number of nitrogens with two attached hydrogens (primary N) is 1. The van der Waals surface area contributed by atoms with Gasteiger partial charge in [0.15, 0.2) is 0 Å². The van der Waals surface area contributed by atoms with Gasteiger partial charge in [-0.25, -0.2) is 4.98 Å². The van der Waals surface area contributed by atoms with E-state index < -0.39 is 0 Å². The summed E-state index contributed by atoms with van der Waals surface area (Å²) in [6.07, 6.45) is 1.97. The SMILES string of the molecule is COCCNC(=O)CCNc1ccc(N)cn1. The Hall–Kier alpha value is -1.82. The summed E-state index contributed by atoms with van der Waals surface area (Å²) >= 11 is 0. The van der Waals surface area contributed by atoms with Crippen molar-refractivity contribution in [3.8, 4) is 0 Å². The maximum atomic E-state index is 11.3. The van der Waals surface area contributed by atoms with Gasteiger partial charge in [-0.15, -0.1) is 0 Å². The van der Waals surface area contributed by atoms with Crippen LogP contribution in [0.4, 0.5) is 11.5 Å². The molecule has 0 spiro atoms. The number of anilines is 2. The summed E-state index contributed by atoms with van der Waals surface area (Å²) in [5, 5.41) is 5.77. The van der Waals surface area contributed by atoms with Gasteiger partial charge in [0.1, 0.15) is 5.82 Å². The molecule has 0 unspecified atom stereocenters. The number of methoxy groups -OCH3 is 1. The van der Waals surface area contributed by atoms with Crippen molar-refractivity contribution in [1.82, 2.24) is 10.3 Å². The quantitative estimate of drug-likeness (QED) is 0.592. The number of hydrogen-bond acceptors (Lipinski definition) is 5. The average Bonchev–Trinajstić information content (AvgIpc) is 2.32. The monoisotopic (exact) mass is 238 g/mol. The van der Waals surface area contributed by atoms with Crippen molar-refractivity contribution < 1.29 is 9.53 Å². The number of pyridine rings is 1. The summed E-state index contributed by atoms with van der Waals surface area (Å²) in [7, 11) is 1.60. The molecule has 0 saturated heterocycles. The molecular weight excluding hydrogens is 220 g/mol. The lowest BCUT2D eigenvalue weighted by Gasteiger charge is -2.06. The Morgan fingerprint density at radius 1 is 1.47 bits per heavy atom. The summed E-state index contributed by atoms with van der Waals surface area (Å²) in [5.74, 6) is 0.703. The van der Waals surface area contributed by atoms with Crippen LogP contribution in [0.25, 0.3) is 0 Å². The highest BCUT2D eigenvalue weighted by Crippen LogP contribution is 2.05. The molecule has 6 nitrogen and oxygen atoms in total. The third-order valence-corrected chi connectivity index (χ3v) is 2.07. The maximum absolute atomic E-state index is 11.3. The summed E-state index contributed by atoms with van der Waals surface area (Å²) in [6.45, 7) is 1.60. The van der Waals surface area contributed by atoms with Crippen molar-refractivity contribution in [2.24, 2.45) is 0 Å². The van der Waals surface area contributed by atoms with Crippen LogP contribution in [0.2, 0.25) is 0 Å². The fourth-order valence-corrected chi connectivity index (χ4v) is 1.19. The molecule has 1 amide bonds. The molecule has 1 rings (SSSR count). The lowest BCUT2D eigenvalue weighted by atomic mass is 10.3.